The number of unbranched alkanes of at least 4 members (excludes halogenated alkanes) is 2. The van der Waals surface area contributed by atoms with E-state index in [4.69, 9.17) is 9.47 Å². The van der Waals surface area contributed by atoms with Gasteiger partial charge in [0.1, 0.15) is 5.75 Å². The Balaban J connectivity index is 2.04. The molecule has 0 heterocycles. The number of hydrogen-bond acceptors (Lipinski definition) is 4. The number of amides is 1. The van der Waals surface area contributed by atoms with Crippen molar-refractivity contribution in [1.29, 1.82) is 0 Å². The molecule has 0 aliphatic carbocycles. The number of carbonyl (C=O) groups excluding carboxylic acids is 2. The maximum atomic E-state index is 11.5. The normalized spacial score (nSPS) is 10.2. The van der Waals surface area contributed by atoms with Crippen LogP contribution in [0.3, 0.4) is 0 Å². The summed E-state index contributed by atoms with van der Waals surface area (Å²) in [6.07, 6.45) is 3.91. The molecular weight excluding hydrogens is 362 g/mol. The predicted molar refractivity (Wildman–Crippen MR) is 92.4 cm³/mol. The Morgan fingerprint density at radius 1 is 1.22 bits per heavy atom. The van der Waals surface area contributed by atoms with Crippen molar-refractivity contribution in [3.8, 4) is 5.75 Å². The monoisotopic (exact) mass is 385 g/mol. The quantitative estimate of drug-likeness (QED) is 0.467. The van der Waals surface area contributed by atoms with Crippen LogP contribution in [-0.2, 0) is 14.3 Å². The lowest BCUT2D eigenvalue weighted by atomic mass is 10.2. The molecule has 0 bridgehead atoms. The predicted octanol–water partition coefficient (Wildman–Crippen LogP) is 3.46. The van der Waals surface area contributed by atoms with Crippen LogP contribution >= 0.6 is 15.9 Å². The first-order valence-electron chi connectivity index (χ1n) is 7.92. The Morgan fingerprint density at radius 3 is 2.78 bits per heavy atom. The SMILES string of the molecule is CCCCCNC(=O)COC(=O)CCCOc1cccc(Br)c1. The van der Waals surface area contributed by atoms with E-state index in [-0.39, 0.29) is 24.9 Å². The van der Waals surface area contributed by atoms with Crippen LogP contribution in [0, 0.1) is 0 Å². The molecule has 0 saturated heterocycles. The second-order valence-corrected chi connectivity index (χ2v) is 6.04. The summed E-state index contributed by atoms with van der Waals surface area (Å²) in [7, 11) is 0. The molecule has 1 rings (SSSR count). The summed E-state index contributed by atoms with van der Waals surface area (Å²) in [5, 5.41) is 2.72. The summed E-state index contributed by atoms with van der Waals surface area (Å²) in [4.78, 5) is 23.0. The number of ether oxygens (including phenoxy) is 2. The van der Waals surface area contributed by atoms with Crippen molar-refractivity contribution in [2.24, 2.45) is 0 Å². The summed E-state index contributed by atoms with van der Waals surface area (Å²) in [5.74, 6) is 0.116. The first-order valence-corrected chi connectivity index (χ1v) is 8.71. The second kappa shape index (κ2) is 11.9. The Morgan fingerprint density at radius 2 is 2.04 bits per heavy atom. The average Bonchev–Trinajstić information content (AvgIpc) is 2.54. The molecule has 1 aromatic rings. The Labute approximate surface area is 145 Å². The molecule has 0 atom stereocenters. The standard InChI is InChI=1S/C17H24BrNO4/c1-2-3-4-10-19-16(20)13-23-17(21)9-6-11-22-15-8-5-7-14(18)12-15/h5,7-8,12H,2-4,6,9-11,13H2,1H3,(H,19,20). The van der Waals surface area contributed by atoms with E-state index in [2.05, 4.69) is 28.2 Å². The van der Waals surface area contributed by atoms with Crippen LogP contribution in [-0.4, -0.2) is 31.6 Å². The van der Waals surface area contributed by atoms with Gasteiger partial charge in [-0.25, -0.2) is 0 Å². The van der Waals surface area contributed by atoms with Crippen molar-refractivity contribution >= 4 is 27.8 Å². The molecule has 128 valence electrons. The Bertz CT molecular complexity index is 493. The van der Waals surface area contributed by atoms with E-state index in [1.807, 2.05) is 24.3 Å². The summed E-state index contributed by atoms with van der Waals surface area (Å²) in [6, 6.07) is 7.51. The lowest BCUT2D eigenvalue weighted by Gasteiger charge is -2.07. The molecule has 0 aromatic heterocycles. The van der Waals surface area contributed by atoms with Gasteiger partial charge < -0.3 is 14.8 Å². The number of carbonyl (C=O) groups is 2. The van der Waals surface area contributed by atoms with Gasteiger partial charge in [-0.3, -0.25) is 9.59 Å². The summed E-state index contributed by atoms with van der Waals surface area (Å²) < 4.78 is 11.4. The first-order chi connectivity index (χ1) is 11.1. The zero-order valence-electron chi connectivity index (χ0n) is 13.5. The fourth-order valence-corrected chi connectivity index (χ4v) is 2.21. The minimum atomic E-state index is -0.383. The largest absolute Gasteiger partial charge is 0.494 e. The van der Waals surface area contributed by atoms with Gasteiger partial charge in [0, 0.05) is 17.4 Å². The molecule has 0 aliphatic heterocycles. The molecule has 0 unspecified atom stereocenters. The van der Waals surface area contributed by atoms with Crippen molar-refractivity contribution in [2.75, 3.05) is 19.8 Å². The summed E-state index contributed by atoms with van der Waals surface area (Å²) in [5.41, 5.74) is 0. The third-order valence-electron chi connectivity index (χ3n) is 3.06. The third-order valence-corrected chi connectivity index (χ3v) is 3.55. The van der Waals surface area contributed by atoms with Gasteiger partial charge >= 0.3 is 5.97 Å². The van der Waals surface area contributed by atoms with Crippen LogP contribution in [0.15, 0.2) is 28.7 Å². The molecule has 6 heteroatoms. The highest BCUT2D eigenvalue weighted by atomic mass is 79.9. The van der Waals surface area contributed by atoms with Crippen LogP contribution in [0.25, 0.3) is 0 Å². The lowest BCUT2D eigenvalue weighted by molar-refractivity contribution is -0.148. The molecule has 5 nitrogen and oxygen atoms in total. The minimum Gasteiger partial charge on any atom is -0.494 e. The zero-order valence-corrected chi connectivity index (χ0v) is 15.1. The van der Waals surface area contributed by atoms with Crippen molar-refractivity contribution in [3.63, 3.8) is 0 Å². The van der Waals surface area contributed by atoms with E-state index in [0.29, 0.717) is 19.6 Å². The van der Waals surface area contributed by atoms with E-state index in [0.717, 1.165) is 29.5 Å². The number of rotatable bonds is 11. The summed E-state index contributed by atoms with van der Waals surface area (Å²) >= 11 is 3.36. The van der Waals surface area contributed by atoms with Gasteiger partial charge in [-0.15, -0.1) is 0 Å². The average molecular weight is 386 g/mol. The van der Waals surface area contributed by atoms with Crippen molar-refractivity contribution in [2.45, 2.75) is 39.0 Å². The fourth-order valence-electron chi connectivity index (χ4n) is 1.84. The number of nitrogens with one attached hydrogen (secondary N) is 1. The smallest absolute Gasteiger partial charge is 0.306 e. The molecule has 1 amide bonds. The zero-order chi connectivity index (χ0) is 16.9. The molecule has 0 spiro atoms. The third kappa shape index (κ3) is 9.94. The molecule has 0 saturated carbocycles. The van der Waals surface area contributed by atoms with Crippen molar-refractivity contribution in [1.82, 2.24) is 5.32 Å². The van der Waals surface area contributed by atoms with E-state index in [1.165, 1.54) is 0 Å². The van der Waals surface area contributed by atoms with Crippen LogP contribution < -0.4 is 10.1 Å². The second-order valence-electron chi connectivity index (χ2n) is 5.13. The first kappa shape index (κ1) is 19.5. The van der Waals surface area contributed by atoms with Crippen LogP contribution in [0.5, 0.6) is 5.75 Å². The minimum absolute atomic E-state index is 0.211. The maximum absolute atomic E-state index is 11.5. The molecule has 0 radical (unpaired) electrons. The molecule has 1 aromatic carbocycles. The number of benzene rings is 1. The van der Waals surface area contributed by atoms with Crippen LogP contribution in [0.4, 0.5) is 0 Å². The van der Waals surface area contributed by atoms with Crippen molar-refractivity contribution in [3.05, 3.63) is 28.7 Å². The highest BCUT2D eigenvalue weighted by molar-refractivity contribution is 9.10. The topological polar surface area (TPSA) is 64.6 Å². The van der Waals surface area contributed by atoms with Crippen LogP contribution in [0.2, 0.25) is 0 Å². The van der Waals surface area contributed by atoms with E-state index < -0.39 is 0 Å². The number of esters is 1. The number of hydrogen-bond donors (Lipinski definition) is 1. The summed E-state index contributed by atoms with van der Waals surface area (Å²) in [6.45, 7) is 2.95. The van der Waals surface area contributed by atoms with Crippen LogP contribution in [0.1, 0.15) is 39.0 Å². The molecular formula is C17H24BrNO4. The highest BCUT2D eigenvalue weighted by Crippen LogP contribution is 2.17. The van der Waals surface area contributed by atoms with E-state index >= 15 is 0 Å². The molecule has 0 fully saturated rings. The van der Waals surface area contributed by atoms with E-state index in [9.17, 15) is 9.59 Å². The Kier molecular flexibility index (Phi) is 10.1. The van der Waals surface area contributed by atoms with E-state index in [1.54, 1.807) is 0 Å². The maximum Gasteiger partial charge on any atom is 0.306 e. The lowest BCUT2D eigenvalue weighted by Crippen LogP contribution is -2.29. The van der Waals surface area contributed by atoms with Gasteiger partial charge in [0.15, 0.2) is 6.61 Å². The van der Waals surface area contributed by atoms with Crippen molar-refractivity contribution < 1.29 is 19.1 Å². The fraction of sp³-hybridized carbons (Fsp3) is 0.529. The number of halogens is 1. The molecule has 1 N–H and O–H groups in total. The van der Waals surface area contributed by atoms with Gasteiger partial charge in [0.05, 0.1) is 6.61 Å². The molecule has 23 heavy (non-hydrogen) atoms. The highest BCUT2D eigenvalue weighted by Gasteiger charge is 2.07. The Hall–Kier alpha value is -1.56. The van der Waals surface area contributed by atoms with Gasteiger partial charge in [0.25, 0.3) is 5.91 Å². The van der Waals surface area contributed by atoms with Gasteiger partial charge in [-0.1, -0.05) is 41.8 Å². The van der Waals surface area contributed by atoms with Gasteiger partial charge in [-0.2, -0.15) is 0 Å². The molecule has 0 aliphatic rings. The van der Waals surface area contributed by atoms with Gasteiger partial charge in [0.2, 0.25) is 0 Å². The van der Waals surface area contributed by atoms with Gasteiger partial charge in [-0.05, 0) is 31.0 Å².